The highest BCUT2D eigenvalue weighted by Crippen LogP contribution is 2.21. The van der Waals surface area contributed by atoms with Crippen molar-refractivity contribution in [2.45, 2.75) is 0 Å². The van der Waals surface area contributed by atoms with E-state index in [0.29, 0.717) is 30.7 Å². The van der Waals surface area contributed by atoms with Crippen LogP contribution in [0.2, 0.25) is 0 Å². The van der Waals surface area contributed by atoms with Crippen molar-refractivity contribution < 1.29 is 14.5 Å². The van der Waals surface area contributed by atoms with Crippen LogP contribution in [0.4, 0.5) is 5.69 Å². The highest BCUT2D eigenvalue weighted by atomic mass is 79.9. The maximum atomic E-state index is 11.9. The molecule has 0 aliphatic carbocycles. The third-order valence-corrected chi connectivity index (χ3v) is 2.88. The van der Waals surface area contributed by atoms with Crippen LogP contribution in [0.15, 0.2) is 22.7 Å². The second kappa shape index (κ2) is 10.5. The van der Waals surface area contributed by atoms with Gasteiger partial charge in [-0.15, -0.1) is 12.4 Å². The van der Waals surface area contributed by atoms with Gasteiger partial charge in [0.15, 0.2) is 0 Å². The third-order valence-electron chi connectivity index (χ3n) is 2.43. The average molecular weight is 383 g/mol. The number of ether oxygens (including phenoxy) is 1. The van der Waals surface area contributed by atoms with E-state index < -0.39 is 4.92 Å². The van der Waals surface area contributed by atoms with E-state index in [1.165, 1.54) is 12.1 Å². The summed E-state index contributed by atoms with van der Waals surface area (Å²) in [5.41, 5.74) is 0.130. The zero-order chi connectivity index (χ0) is 15.0. The molecule has 1 amide bonds. The maximum Gasteiger partial charge on any atom is 0.271 e. The first-order chi connectivity index (χ1) is 9.54. The number of nitro groups is 1. The predicted molar refractivity (Wildman–Crippen MR) is 85.1 cm³/mol. The van der Waals surface area contributed by atoms with Crippen molar-refractivity contribution >= 4 is 39.9 Å². The molecule has 118 valence electrons. The summed E-state index contributed by atoms with van der Waals surface area (Å²) < 4.78 is 5.36. The van der Waals surface area contributed by atoms with Crippen LogP contribution in [0.3, 0.4) is 0 Å². The summed E-state index contributed by atoms with van der Waals surface area (Å²) in [5.74, 6) is -0.344. The van der Waals surface area contributed by atoms with Crippen molar-refractivity contribution in [3.63, 3.8) is 0 Å². The smallest absolute Gasteiger partial charge is 0.271 e. The molecule has 0 bridgehead atoms. The van der Waals surface area contributed by atoms with Gasteiger partial charge in [-0.05, 0) is 6.07 Å². The molecule has 2 N–H and O–H groups in total. The number of nitrogens with zero attached hydrogens (tertiary/aromatic N) is 1. The van der Waals surface area contributed by atoms with Gasteiger partial charge in [0.1, 0.15) is 0 Å². The second-order valence-corrected chi connectivity index (χ2v) is 4.87. The van der Waals surface area contributed by atoms with Gasteiger partial charge in [-0.3, -0.25) is 14.9 Å². The summed E-state index contributed by atoms with van der Waals surface area (Å²) in [5, 5.41) is 16.5. The SMILES string of the molecule is COCCNCCNC(=O)c1cc(Br)cc([N+](=O)[O-])c1.Cl. The molecule has 0 aliphatic rings. The number of carbonyl (C=O) groups is 1. The summed E-state index contributed by atoms with van der Waals surface area (Å²) in [6.07, 6.45) is 0. The Morgan fingerprint density at radius 2 is 2.05 bits per heavy atom. The summed E-state index contributed by atoms with van der Waals surface area (Å²) in [6.45, 7) is 2.34. The highest BCUT2D eigenvalue weighted by molar-refractivity contribution is 9.10. The molecule has 0 aliphatic heterocycles. The van der Waals surface area contributed by atoms with Crippen LogP contribution < -0.4 is 10.6 Å². The van der Waals surface area contributed by atoms with E-state index in [4.69, 9.17) is 4.74 Å². The largest absolute Gasteiger partial charge is 0.383 e. The number of hydrogen-bond donors (Lipinski definition) is 2. The molecule has 21 heavy (non-hydrogen) atoms. The van der Waals surface area contributed by atoms with Crippen LogP contribution in [0, 0.1) is 10.1 Å². The van der Waals surface area contributed by atoms with Gasteiger partial charge >= 0.3 is 0 Å². The Morgan fingerprint density at radius 1 is 1.33 bits per heavy atom. The van der Waals surface area contributed by atoms with Crippen molar-refractivity contribution in [3.05, 3.63) is 38.3 Å². The number of rotatable bonds is 8. The van der Waals surface area contributed by atoms with E-state index in [-0.39, 0.29) is 29.6 Å². The van der Waals surface area contributed by atoms with Crippen LogP contribution in [0.5, 0.6) is 0 Å². The van der Waals surface area contributed by atoms with Crippen LogP contribution >= 0.6 is 28.3 Å². The van der Waals surface area contributed by atoms with E-state index in [1.807, 2.05) is 0 Å². The minimum absolute atomic E-state index is 0. The molecule has 0 spiro atoms. The van der Waals surface area contributed by atoms with Gasteiger partial charge in [0.25, 0.3) is 11.6 Å². The molecule has 0 saturated heterocycles. The number of amides is 1. The monoisotopic (exact) mass is 381 g/mol. The molecule has 1 aromatic carbocycles. The number of methoxy groups -OCH3 is 1. The lowest BCUT2D eigenvalue weighted by Gasteiger charge is -2.07. The first-order valence-corrected chi connectivity index (χ1v) is 6.76. The Hall–Kier alpha value is -1.22. The quantitative estimate of drug-likeness (QED) is 0.406. The third kappa shape index (κ3) is 7.37. The zero-order valence-electron chi connectivity index (χ0n) is 11.4. The normalized spacial score (nSPS) is 9.81. The molecular weight excluding hydrogens is 366 g/mol. The summed E-state index contributed by atoms with van der Waals surface area (Å²) >= 11 is 3.15. The number of nitro benzene ring substituents is 1. The fraction of sp³-hybridized carbons (Fsp3) is 0.417. The van der Waals surface area contributed by atoms with E-state index in [0.717, 1.165) is 0 Å². The van der Waals surface area contributed by atoms with Crippen LogP contribution in [0.1, 0.15) is 10.4 Å². The molecule has 0 unspecified atom stereocenters. The van der Waals surface area contributed by atoms with Crippen molar-refractivity contribution in [1.29, 1.82) is 0 Å². The van der Waals surface area contributed by atoms with Crippen molar-refractivity contribution in [2.75, 3.05) is 33.4 Å². The van der Waals surface area contributed by atoms with Crippen molar-refractivity contribution in [2.24, 2.45) is 0 Å². The molecular formula is C12H17BrClN3O4. The summed E-state index contributed by atoms with van der Waals surface area (Å²) in [7, 11) is 1.61. The lowest BCUT2D eigenvalue weighted by atomic mass is 10.2. The first kappa shape index (κ1) is 19.8. The van der Waals surface area contributed by atoms with Gasteiger partial charge < -0.3 is 15.4 Å². The topological polar surface area (TPSA) is 93.5 Å². The minimum atomic E-state index is -0.534. The number of hydrogen-bond acceptors (Lipinski definition) is 5. The average Bonchev–Trinajstić information content (AvgIpc) is 2.41. The van der Waals surface area contributed by atoms with Gasteiger partial charge in [-0.1, -0.05) is 15.9 Å². The maximum absolute atomic E-state index is 11.9. The van der Waals surface area contributed by atoms with Crippen molar-refractivity contribution in [3.8, 4) is 0 Å². The van der Waals surface area contributed by atoms with Gasteiger partial charge in [-0.2, -0.15) is 0 Å². The summed E-state index contributed by atoms with van der Waals surface area (Å²) in [4.78, 5) is 22.0. The Balaban J connectivity index is 0.00000400. The lowest BCUT2D eigenvalue weighted by Crippen LogP contribution is -2.33. The Bertz CT molecular complexity index is 488. The Labute approximate surface area is 137 Å². The van der Waals surface area contributed by atoms with E-state index in [2.05, 4.69) is 26.6 Å². The molecule has 0 radical (unpaired) electrons. The molecule has 0 aromatic heterocycles. The Morgan fingerprint density at radius 3 is 2.67 bits per heavy atom. The van der Waals surface area contributed by atoms with Gasteiger partial charge in [-0.25, -0.2) is 0 Å². The number of nitrogens with one attached hydrogen (secondary N) is 2. The van der Waals surface area contributed by atoms with Gasteiger partial charge in [0.2, 0.25) is 0 Å². The molecule has 0 heterocycles. The minimum Gasteiger partial charge on any atom is -0.383 e. The van der Waals surface area contributed by atoms with Crippen LogP contribution in [-0.2, 0) is 4.74 Å². The van der Waals surface area contributed by atoms with E-state index in [1.54, 1.807) is 13.2 Å². The van der Waals surface area contributed by atoms with Gasteiger partial charge in [0, 0.05) is 48.9 Å². The number of benzene rings is 1. The van der Waals surface area contributed by atoms with E-state index in [9.17, 15) is 14.9 Å². The van der Waals surface area contributed by atoms with Gasteiger partial charge in [0.05, 0.1) is 11.5 Å². The number of carbonyl (C=O) groups excluding carboxylic acids is 1. The second-order valence-electron chi connectivity index (χ2n) is 3.95. The molecule has 0 saturated carbocycles. The Kier molecular flexibility index (Phi) is 9.89. The lowest BCUT2D eigenvalue weighted by molar-refractivity contribution is -0.385. The molecule has 7 nitrogen and oxygen atoms in total. The highest BCUT2D eigenvalue weighted by Gasteiger charge is 2.13. The fourth-order valence-electron chi connectivity index (χ4n) is 1.48. The number of non-ortho nitro benzene ring substituents is 1. The molecule has 9 heteroatoms. The predicted octanol–water partition coefficient (Wildman–Crippen LogP) is 1.74. The summed E-state index contributed by atoms with van der Waals surface area (Å²) in [6, 6.07) is 4.14. The molecule has 0 fully saturated rings. The van der Waals surface area contributed by atoms with E-state index >= 15 is 0 Å². The van der Waals surface area contributed by atoms with Crippen molar-refractivity contribution in [1.82, 2.24) is 10.6 Å². The molecule has 1 rings (SSSR count). The van der Waals surface area contributed by atoms with Crippen LogP contribution in [0.25, 0.3) is 0 Å². The zero-order valence-corrected chi connectivity index (χ0v) is 13.8. The fourth-order valence-corrected chi connectivity index (χ4v) is 1.96. The van der Waals surface area contributed by atoms with Crippen LogP contribution in [-0.4, -0.2) is 44.2 Å². The molecule has 1 aromatic rings. The standard InChI is InChI=1S/C12H16BrN3O4.ClH/c1-20-5-4-14-2-3-15-12(17)9-6-10(13)8-11(7-9)16(18)19;/h6-8,14H,2-5H2,1H3,(H,15,17);1H. The molecule has 0 atom stereocenters. The number of halogens is 2. The first-order valence-electron chi connectivity index (χ1n) is 5.97.